The van der Waals surface area contributed by atoms with E-state index in [4.69, 9.17) is 32.7 Å². The average molecular weight is 559 g/mol. The molecule has 0 aliphatic heterocycles. The topological polar surface area (TPSA) is 89.0 Å². The van der Waals surface area contributed by atoms with Crippen LogP contribution >= 0.6 is 39.1 Å². The van der Waals surface area contributed by atoms with Gasteiger partial charge in [-0.15, -0.1) is 0 Å². The molecule has 2 rings (SSSR count). The zero-order chi connectivity index (χ0) is 24.5. The Labute approximate surface area is 211 Å². The lowest BCUT2D eigenvalue weighted by atomic mass is 10.0. The summed E-state index contributed by atoms with van der Waals surface area (Å²) in [6.07, 6.45) is 1.48. The lowest BCUT2D eigenvalue weighted by Gasteiger charge is -2.20. The van der Waals surface area contributed by atoms with E-state index in [9.17, 15) is 9.59 Å². The van der Waals surface area contributed by atoms with Crippen molar-refractivity contribution in [2.75, 3.05) is 13.2 Å². The van der Waals surface area contributed by atoms with Crippen molar-refractivity contribution in [3.8, 4) is 11.5 Å². The fraction of sp³-hybridized carbons (Fsp3) is 0.348. The third-order valence-electron chi connectivity index (χ3n) is 4.42. The lowest BCUT2D eigenvalue weighted by Crippen LogP contribution is -2.48. The van der Waals surface area contributed by atoms with E-state index in [-0.39, 0.29) is 16.5 Å². The molecular formula is C23H26BrCl2N3O4. The van der Waals surface area contributed by atoms with Crippen molar-refractivity contribution in [1.82, 2.24) is 10.7 Å². The van der Waals surface area contributed by atoms with Crippen LogP contribution < -0.4 is 20.2 Å². The monoisotopic (exact) mass is 557 g/mol. The number of rotatable bonds is 10. The summed E-state index contributed by atoms with van der Waals surface area (Å²) in [5.41, 5.74) is 3.39. The van der Waals surface area contributed by atoms with Crippen LogP contribution in [0.15, 0.2) is 39.9 Å². The van der Waals surface area contributed by atoms with Crippen molar-refractivity contribution in [3.05, 3.63) is 56.0 Å². The van der Waals surface area contributed by atoms with Gasteiger partial charge >= 0.3 is 0 Å². The van der Waals surface area contributed by atoms with Gasteiger partial charge in [-0.05, 0) is 71.6 Å². The quantitative estimate of drug-likeness (QED) is 0.299. The van der Waals surface area contributed by atoms with Gasteiger partial charge in [-0.1, -0.05) is 37.0 Å². The molecule has 33 heavy (non-hydrogen) atoms. The van der Waals surface area contributed by atoms with Gasteiger partial charge in [-0.25, -0.2) is 5.43 Å². The SMILES string of the molecule is CCOc1cc(C=NNC(=O)C(NC(=O)c2ccc(Cl)cc2Cl)C(C)C)cc(Br)c1OCC. The van der Waals surface area contributed by atoms with Crippen molar-refractivity contribution < 1.29 is 19.1 Å². The number of carbonyl (C=O) groups is 2. The molecule has 1 atom stereocenters. The first-order valence-electron chi connectivity index (χ1n) is 10.4. The van der Waals surface area contributed by atoms with E-state index in [1.54, 1.807) is 18.2 Å². The summed E-state index contributed by atoms with van der Waals surface area (Å²) in [6, 6.07) is 7.27. The van der Waals surface area contributed by atoms with Gasteiger partial charge in [-0.2, -0.15) is 5.10 Å². The van der Waals surface area contributed by atoms with Gasteiger partial charge in [0.05, 0.1) is 34.5 Å². The highest BCUT2D eigenvalue weighted by atomic mass is 79.9. The molecule has 10 heteroatoms. The van der Waals surface area contributed by atoms with E-state index < -0.39 is 17.9 Å². The summed E-state index contributed by atoms with van der Waals surface area (Å²) in [7, 11) is 0. The Bertz CT molecular complexity index is 1030. The van der Waals surface area contributed by atoms with Crippen LogP contribution in [0.4, 0.5) is 0 Å². The number of nitrogens with one attached hydrogen (secondary N) is 2. The maximum atomic E-state index is 12.7. The van der Waals surface area contributed by atoms with E-state index in [2.05, 4.69) is 31.8 Å². The summed E-state index contributed by atoms with van der Waals surface area (Å²) in [5, 5.41) is 7.35. The Morgan fingerprint density at radius 3 is 2.42 bits per heavy atom. The highest BCUT2D eigenvalue weighted by Gasteiger charge is 2.25. The molecule has 0 aliphatic carbocycles. The predicted molar refractivity (Wildman–Crippen MR) is 135 cm³/mol. The molecule has 0 spiro atoms. The van der Waals surface area contributed by atoms with Crippen LogP contribution in [0.25, 0.3) is 0 Å². The van der Waals surface area contributed by atoms with E-state index in [1.165, 1.54) is 18.3 Å². The molecule has 178 valence electrons. The second-order valence-corrected chi connectivity index (χ2v) is 8.95. The Balaban J connectivity index is 2.12. The molecule has 0 saturated heterocycles. The number of nitrogens with zero attached hydrogens (tertiary/aromatic N) is 1. The van der Waals surface area contributed by atoms with Gasteiger partial charge < -0.3 is 14.8 Å². The van der Waals surface area contributed by atoms with Gasteiger partial charge in [0.1, 0.15) is 6.04 Å². The average Bonchev–Trinajstić information content (AvgIpc) is 2.74. The standard InChI is InChI=1S/C23H26BrCl2N3O4/c1-5-32-19-10-14(9-17(24)21(19)33-6-2)12-27-29-23(31)20(13(3)4)28-22(30)16-8-7-15(25)11-18(16)26/h7-13,20H,5-6H2,1-4H3,(H,28,30)(H,29,31). The number of amides is 2. The Morgan fingerprint density at radius 1 is 1.12 bits per heavy atom. The molecule has 2 amide bonds. The molecule has 1 unspecified atom stereocenters. The molecule has 7 nitrogen and oxygen atoms in total. The fourth-order valence-corrected chi connectivity index (χ4v) is 3.95. The number of hydrazone groups is 1. The highest BCUT2D eigenvalue weighted by molar-refractivity contribution is 9.10. The number of carbonyl (C=O) groups excluding carboxylic acids is 2. The Kier molecular flexibility index (Phi) is 10.5. The Hall–Kier alpha value is -2.29. The van der Waals surface area contributed by atoms with Gasteiger partial charge in [0, 0.05) is 5.02 Å². The van der Waals surface area contributed by atoms with Crippen molar-refractivity contribution >= 4 is 57.2 Å². The first kappa shape index (κ1) is 27.0. The number of ether oxygens (including phenoxy) is 2. The second-order valence-electron chi connectivity index (χ2n) is 7.25. The van der Waals surface area contributed by atoms with Crippen molar-refractivity contribution in [3.63, 3.8) is 0 Å². The van der Waals surface area contributed by atoms with Crippen LogP contribution in [-0.2, 0) is 4.79 Å². The molecular weight excluding hydrogens is 533 g/mol. The summed E-state index contributed by atoms with van der Waals surface area (Å²) < 4.78 is 12.0. The zero-order valence-corrected chi connectivity index (χ0v) is 21.8. The third-order valence-corrected chi connectivity index (χ3v) is 5.56. The zero-order valence-electron chi connectivity index (χ0n) is 18.7. The van der Waals surface area contributed by atoms with Crippen molar-refractivity contribution in [2.24, 2.45) is 11.0 Å². The fourth-order valence-electron chi connectivity index (χ4n) is 2.88. The molecule has 2 aromatic rings. The van der Waals surface area contributed by atoms with Crippen molar-refractivity contribution in [1.29, 1.82) is 0 Å². The van der Waals surface area contributed by atoms with Gasteiger partial charge in [0.15, 0.2) is 11.5 Å². The molecule has 0 fully saturated rings. The summed E-state index contributed by atoms with van der Waals surface area (Å²) in [4.78, 5) is 25.3. The van der Waals surface area contributed by atoms with Crippen LogP contribution in [0.2, 0.25) is 10.0 Å². The third kappa shape index (κ3) is 7.62. The highest BCUT2D eigenvalue weighted by Crippen LogP contribution is 2.36. The summed E-state index contributed by atoms with van der Waals surface area (Å²) in [5.74, 6) is 0.0260. The van der Waals surface area contributed by atoms with Crippen LogP contribution in [0.1, 0.15) is 43.6 Å². The number of benzene rings is 2. The van der Waals surface area contributed by atoms with Crippen LogP contribution in [0.5, 0.6) is 11.5 Å². The van der Waals surface area contributed by atoms with E-state index in [0.717, 1.165) is 0 Å². The Morgan fingerprint density at radius 2 is 1.82 bits per heavy atom. The van der Waals surface area contributed by atoms with Crippen molar-refractivity contribution in [2.45, 2.75) is 33.7 Å². The first-order chi connectivity index (χ1) is 15.7. The minimum Gasteiger partial charge on any atom is -0.490 e. The molecule has 0 radical (unpaired) electrons. The second kappa shape index (κ2) is 12.8. The van der Waals surface area contributed by atoms with Gasteiger partial charge in [0.2, 0.25) is 0 Å². The van der Waals surface area contributed by atoms with E-state index in [0.29, 0.717) is 39.8 Å². The molecule has 2 N–H and O–H groups in total. The normalized spacial score (nSPS) is 12.0. The van der Waals surface area contributed by atoms with E-state index >= 15 is 0 Å². The number of hydrogen-bond acceptors (Lipinski definition) is 5. The largest absolute Gasteiger partial charge is 0.490 e. The molecule has 0 aliphatic rings. The minimum atomic E-state index is -0.826. The molecule has 0 heterocycles. The maximum absolute atomic E-state index is 12.7. The number of hydrogen-bond donors (Lipinski definition) is 2. The molecule has 0 aromatic heterocycles. The van der Waals surface area contributed by atoms with Crippen LogP contribution in [0.3, 0.4) is 0 Å². The minimum absolute atomic E-state index is 0.195. The molecule has 2 aromatic carbocycles. The van der Waals surface area contributed by atoms with Gasteiger partial charge in [-0.3, -0.25) is 9.59 Å². The first-order valence-corrected chi connectivity index (χ1v) is 11.9. The van der Waals surface area contributed by atoms with E-state index in [1.807, 2.05) is 27.7 Å². The summed E-state index contributed by atoms with van der Waals surface area (Å²) >= 11 is 15.5. The number of halogens is 3. The summed E-state index contributed by atoms with van der Waals surface area (Å²) in [6.45, 7) is 8.36. The lowest BCUT2D eigenvalue weighted by molar-refractivity contribution is -0.123. The van der Waals surface area contributed by atoms with Gasteiger partial charge in [0.25, 0.3) is 11.8 Å². The smallest absolute Gasteiger partial charge is 0.262 e. The maximum Gasteiger partial charge on any atom is 0.262 e. The molecule has 0 saturated carbocycles. The predicted octanol–water partition coefficient (Wildman–Crippen LogP) is 5.46. The van der Waals surface area contributed by atoms with Crippen LogP contribution in [-0.4, -0.2) is 37.3 Å². The van der Waals surface area contributed by atoms with Crippen LogP contribution in [0, 0.1) is 5.92 Å². The molecule has 0 bridgehead atoms.